The fourth-order valence-electron chi connectivity index (χ4n) is 5.60. The van der Waals surface area contributed by atoms with Gasteiger partial charge in [0.2, 0.25) is 0 Å². The summed E-state index contributed by atoms with van der Waals surface area (Å²) in [6.45, 7) is 12.6. The lowest BCUT2D eigenvalue weighted by Gasteiger charge is -2.28. The van der Waals surface area contributed by atoms with Gasteiger partial charge in [-0.1, -0.05) is 98.4 Å². The van der Waals surface area contributed by atoms with Gasteiger partial charge in [0.05, 0.1) is 6.16 Å². The number of aryl methyl sites for hydroxylation is 3. The monoisotopic (exact) mass is 680 g/mol. The van der Waals surface area contributed by atoms with Gasteiger partial charge >= 0.3 is 0 Å². The van der Waals surface area contributed by atoms with Gasteiger partial charge in [-0.3, -0.25) is 0 Å². The number of ether oxygens (including phenoxy) is 2. The van der Waals surface area contributed by atoms with Crippen LogP contribution < -0.4 is 32.9 Å². The fraction of sp³-hybridized carbons (Fsp3) is 0.500. The smallest absolute Gasteiger partial charge is 0.157 e. The molecule has 0 radical (unpaired) electrons. The molecule has 44 heavy (non-hydrogen) atoms. The number of halogens is 1. The van der Waals surface area contributed by atoms with Crippen molar-refractivity contribution in [3.63, 3.8) is 0 Å². The van der Waals surface area contributed by atoms with E-state index in [0.717, 1.165) is 45.3 Å². The molecule has 0 aromatic heterocycles. The van der Waals surface area contributed by atoms with Crippen molar-refractivity contribution >= 4 is 23.2 Å². The van der Waals surface area contributed by atoms with Gasteiger partial charge in [0.1, 0.15) is 23.2 Å². The van der Waals surface area contributed by atoms with Crippen LogP contribution in [-0.2, 0) is 9.47 Å². The minimum atomic E-state index is -1.77. The Bertz CT molecular complexity index is 1050. The maximum absolute atomic E-state index is 6.01. The van der Waals surface area contributed by atoms with Gasteiger partial charge in [0, 0.05) is 13.2 Å². The summed E-state index contributed by atoms with van der Waals surface area (Å²) in [5, 5.41) is 4.47. The van der Waals surface area contributed by atoms with E-state index in [1.807, 2.05) is 0 Å². The van der Waals surface area contributed by atoms with Crippen molar-refractivity contribution in [2.75, 3.05) is 19.4 Å². The number of allylic oxidation sites excluding steroid dienone is 2. The average molecular weight is 682 g/mol. The molecule has 4 heteroatoms. The van der Waals surface area contributed by atoms with Crippen molar-refractivity contribution in [1.82, 2.24) is 0 Å². The summed E-state index contributed by atoms with van der Waals surface area (Å²) in [7, 11) is -1.77. The summed E-state index contributed by atoms with van der Waals surface area (Å²) in [5.41, 5.74) is 3.96. The van der Waals surface area contributed by atoms with Crippen molar-refractivity contribution in [2.45, 2.75) is 112 Å². The first-order chi connectivity index (χ1) is 21.0. The quantitative estimate of drug-likeness (QED) is 0.0515. The average Bonchev–Trinajstić information content (AvgIpc) is 3.01. The van der Waals surface area contributed by atoms with Crippen molar-refractivity contribution in [3.8, 4) is 0 Å². The normalized spacial score (nSPS) is 11.8. The third kappa shape index (κ3) is 12.6. The van der Waals surface area contributed by atoms with E-state index in [2.05, 4.69) is 120 Å². The molecular weight excluding hydrogens is 623 g/mol. The highest BCUT2D eigenvalue weighted by Crippen LogP contribution is 2.56. The maximum atomic E-state index is 6.01. The number of hydrogen-bond acceptors (Lipinski definition) is 2. The highest BCUT2D eigenvalue weighted by Gasteiger charge is 2.44. The van der Waals surface area contributed by atoms with Crippen molar-refractivity contribution in [2.24, 2.45) is 0 Å². The number of benzene rings is 3. The van der Waals surface area contributed by atoms with E-state index >= 15 is 0 Å². The summed E-state index contributed by atoms with van der Waals surface area (Å²) in [6.07, 6.45) is 18.7. The van der Waals surface area contributed by atoms with Crippen LogP contribution in [0.15, 0.2) is 84.9 Å². The van der Waals surface area contributed by atoms with Crippen LogP contribution in [0.1, 0.15) is 101 Å². The van der Waals surface area contributed by atoms with E-state index in [1.54, 1.807) is 0 Å². The topological polar surface area (TPSA) is 18.5 Å². The Morgan fingerprint density at radius 2 is 0.955 bits per heavy atom. The number of rotatable bonds is 21. The van der Waals surface area contributed by atoms with Crippen molar-refractivity contribution < 1.29 is 26.5 Å². The molecule has 0 bridgehead atoms. The zero-order chi connectivity index (χ0) is 30.8. The van der Waals surface area contributed by atoms with E-state index in [-0.39, 0.29) is 23.3 Å². The largest absolute Gasteiger partial charge is 1.00 e. The number of unbranched alkanes of at least 4 members (excludes halogenated alkanes) is 6. The van der Waals surface area contributed by atoms with Crippen LogP contribution in [-0.4, -0.2) is 25.7 Å². The van der Waals surface area contributed by atoms with E-state index in [0.29, 0.717) is 0 Å². The first-order valence-electron chi connectivity index (χ1n) is 17.0. The Balaban J connectivity index is 0.00000675. The third-order valence-corrected chi connectivity index (χ3v) is 12.9. The molecule has 0 unspecified atom stereocenters. The Morgan fingerprint density at radius 3 is 1.36 bits per heavy atom. The molecule has 0 atom stereocenters. The van der Waals surface area contributed by atoms with Gasteiger partial charge in [-0.15, -0.1) is 0 Å². The molecule has 0 heterocycles. The first kappa shape index (κ1) is 38.4. The second-order valence-electron chi connectivity index (χ2n) is 12.2. The Labute approximate surface area is 281 Å². The summed E-state index contributed by atoms with van der Waals surface area (Å²) >= 11 is 0. The first-order valence-corrected chi connectivity index (χ1v) is 18.9. The van der Waals surface area contributed by atoms with Crippen LogP contribution in [0.5, 0.6) is 0 Å². The highest BCUT2D eigenvalue weighted by atomic mass is 79.9. The fourth-order valence-corrected chi connectivity index (χ4v) is 9.90. The maximum Gasteiger partial charge on any atom is 0.157 e. The third-order valence-electron chi connectivity index (χ3n) is 8.37. The van der Waals surface area contributed by atoms with Gasteiger partial charge in [-0.05, 0) is 109 Å². The van der Waals surface area contributed by atoms with E-state index in [4.69, 9.17) is 9.47 Å². The van der Waals surface area contributed by atoms with Crippen molar-refractivity contribution in [3.05, 3.63) is 102 Å². The molecule has 242 valence electrons. The molecule has 0 saturated heterocycles. The standard InChI is InChI=1S/C40H58O2P.BrH/c1-6-8-31-41-40(42-32-9-7-2)18-16-14-12-10-11-13-15-17-33-43(37-25-19-34(3)20-26-37,38-27-21-35(4)22-28-38)39-29-23-36(5)24-30-39;/h11,13,19-30,40H,6-10,12,14-18,31-33H2,1-5H3;1H/q+1;/p-1/b13-11-;. The summed E-state index contributed by atoms with van der Waals surface area (Å²) in [6, 6.07) is 28.1. The Morgan fingerprint density at radius 1 is 0.545 bits per heavy atom. The second kappa shape index (κ2) is 21.9. The molecule has 0 fully saturated rings. The van der Waals surface area contributed by atoms with Crippen LogP contribution in [0.25, 0.3) is 0 Å². The summed E-state index contributed by atoms with van der Waals surface area (Å²) in [4.78, 5) is 0. The molecule has 0 N–H and O–H groups in total. The van der Waals surface area contributed by atoms with Crippen LogP contribution in [0.3, 0.4) is 0 Å². The van der Waals surface area contributed by atoms with Crippen LogP contribution in [0.2, 0.25) is 0 Å². The lowest BCUT2D eigenvalue weighted by Crippen LogP contribution is -3.00. The molecule has 0 saturated carbocycles. The van der Waals surface area contributed by atoms with Crippen LogP contribution in [0.4, 0.5) is 0 Å². The van der Waals surface area contributed by atoms with E-state index in [9.17, 15) is 0 Å². The molecular formula is C40H58BrO2P. The van der Waals surface area contributed by atoms with Gasteiger partial charge in [0.15, 0.2) is 6.29 Å². The molecule has 0 spiro atoms. The zero-order valence-electron chi connectivity index (χ0n) is 28.2. The summed E-state index contributed by atoms with van der Waals surface area (Å²) in [5.74, 6) is 0. The lowest BCUT2D eigenvalue weighted by molar-refractivity contribution is -0.147. The Kier molecular flexibility index (Phi) is 19.1. The molecule has 0 aliphatic rings. The van der Waals surface area contributed by atoms with Crippen LogP contribution >= 0.6 is 7.26 Å². The number of hydrogen-bond donors (Lipinski definition) is 0. The highest BCUT2D eigenvalue weighted by molar-refractivity contribution is 7.95. The van der Waals surface area contributed by atoms with Gasteiger partial charge in [-0.25, -0.2) is 0 Å². The molecule has 3 aromatic carbocycles. The molecule has 0 aliphatic carbocycles. The second-order valence-corrected chi connectivity index (χ2v) is 15.8. The molecule has 3 rings (SSSR count). The van der Waals surface area contributed by atoms with Crippen LogP contribution in [0, 0.1) is 20.8 Å². The predicted molar refractivity (Wildman–Crippen MR) is 191 cm³/mol. The van der Waals surface area contributed by atoms with Gasteiger partial charge in [0.25, 0.3) is 0 Å². The molecule has 0 amide bonds. The Hall–Kier alpha value is -1.77. The van der Waals surface area contributed by atoms with Gasteiger partial charge < -0.3 is 26.5 Å². The minimum Gasteiger partial charge on any atom is -1.00 e. The molecule has 3 aromatic rings. The summed E-state index contributed by atoms with van der Waals surface area (Å²) < 4.78 is 12.0. The van der Waals surface area contributed by atoms with Crippen molar-refractivity contribution in [1.29, 1.82) is 0 Å². The molecule has 0 aliphatic heterocycles. The minimum absolute atomic E-state index is 0. The predicted octanol–water partition coefficient (Wildman–Crippen LogP) is 7.16. The molecule has 2 nitrogen and oxygen atoms in total. The van der Waals surface area contributed by atoms with Gasteiger partial charge in [-0.2, -0.15) is 0 Å². The lowest BCUT2D eigenvalue weighted by atomic mass is 10.1. The van der Waals surface area contributed by atoms with E-state index < -0.39 is 7.26 Å². The SMILES string of the molecule is CCCCOC(CCCCC/C=C\CCC[P+](c1ccc(C)cc1)(c1ccc(C)cc1)c1ccc(C)cc1)OCCCC.[Br-]. The zero-order valence-corrected chi connectivity index (χ0v) is 30.7. The van der Waals surface area contributed by atoms with E-state index in [1.165, 1.54) is 77.3 Å².